The van der Waals surface area contributed by atoms with Gasteiger partial charge in [-0.05, 0) is 6.07 Å². The molecule has 0 fully saturated rings. The van der Waals surface area contributed by atoms with Gasteiger partial charge in [0.15, 0.2) is 7.05 Å². The molecule has 0 amide bonds. The molecule has 5 heteroatoms. The van der Waals surface area contributed by atoms with Gasteiger partial charge in [0.25, 0.3) is 0 Å². The first kappa shape index (κ1) is 18.4. The Labute approximate surface area is 85.9 Å². The maximum Gasteiger partial charge on any atom is 0.194 e. The molecule has 0 saturated heterocycles. The molecule has 0 spiro atoms. The zero-order chi connectivity index (χ0) is 12.0. The van der Waals surface area contributed by atoms with Crippen LogP contribution >= 0.6 is 0 Å². The van der Waals surface area contributed by atoms with Gasteiger partial charge in [0.2, 0.25) is 0 Å². The summed E-state index contributed by atoms with van der Waals surface area (Å²) in [5.74, 6) is 0. The molecule has 0 saturated carbocycles. The van der Waals surface area contributed by atoms with Crippen LogP contribution in [0.1, 0.15) is 27.7 Å². The number of nitrogens with zero attached hydrogens (tertiary/aromatic N) is 3. The minimum absolute atomic E-state index is 0.500. The number of hydrogen-bond acceptors (Lipinski definition) is 3. The van der Waals surface area contributed by atoms with Crippen molar-refractivity contribution < 1.29 is 4.92 Å². The molecular formula is C9H21N3O2. The van der Waals surface area contributed by atoms with Gasteiger partial charge in [0.1, 0.15) is 0 Å². The van der Waals surface area contributed by atoms with E-state index < -0.39 is 4.92 Å². The lowest BCUT2D eigenvalue weighted by atomic mass is 10.8. The first-order valence-corrected chi connectivity index (χ1v) is 4.64. The molecular weight excluding hydrogens is 182 g/mol. The van der Waals surface area contributed by atoms with Crippen LogP contribution in [-0.2, 0) is 7.05 Å². The third-order valence-electron chi connectivity index (χ3n) is 0.637. The molecule has 1 heterocycles. The minimum Gasteiger partial charge on any atom is -0.276 e. The van der Waals surface area contributed by atoms with E-state index in [1.807, 2.05) is 47.0 Å². The lowest BCUT2D eigenvalue weighted by Gasteiger charge is -1.77. The smallest absolute Gasteiger partial charge is 0.194 e. The third kappa shape index (κ3) is 31.1. The summed E-state index contributed by atoms with van der Waals surface area (Å²) in [6.45, 7) is 8.00. The summed E-state index contributed by atoms with van der Waals surface area (Å²) in [4.78, 5) is 8.31. The molecule has 0 N–H and O–H groups in total. The fourth-order valence-electron chi connectivity index (χ4n) is 0.345. The number of nitro groups is 1. The Bertz CT molecular complexity index is 182. The Morgan fingerprint density at radius 2 is 1.64 bits per heavy atom. The summed E-state index contributed by atoms with van der Waals surface area (Å²) in [5.41, 5.74) is 0. The highest BCUT2D eigenvalue weighted by Crippen LogP contribution is 1.73. The van der Waals surface area contributed by atoms with Gasteiger partial charge in [-0.15, -0.1) is 0 Å². The van der Waals surface area contributed by atoms with Crippen molar-refractivity contribution in [2.45, 2.75) is 27.7 Å². The zero-order valence-corrected chi connectivity index (χ0v) is 9.89. The van der Waals surface area contributed by atoms with E-state index in [4.69, 9.17) is 10.1 Å². The maximum atomic E-state index is 8.81. The van der Waals surface area contributed by atoms with Crippen molar-refractivity contribution in [1.29, 1.82) is 0 Å². The second-order valence-electron chi connectivity index (χ2n) is 1.62. The molecule has 0 aliphatic carbocycles. The van der Waals surface area contributed by atoms with E-state index >= 15 is 0 Å². The Morgan fingerprint density at radius 3 is 1.71 bits per heavy atom. The average Bonchev–Trinajstić information content (AvgIpc) is 2.62. The molecule has 1 rings (SSSR count). The van der Waals surface area contributed by atoms with E-state index in [1.54, 1.807) is 10.9 Å². The number of aryl methyl sites for hydroxylation is 1. The van der Waals surface area contributed by atoms with Gasteiger partial charge in [-0.1, -0.05) is 27.7 Å². The van der Waals surface area contributed by atoms with E-state index in [1.165, 1.54) is 0 Å². The topological polar surface area (TPSA) is 61.0 Å². The molecule has 0 bridgehead atoms. The normalized spacial score (nSPS) is 6.43. The van der Waals surface area contributed by atoms with Crippen molar-refractivity contribution in [2.24, 2.45) is 7.05 Å². The molecule has 0 radical (unpaired) electrons. The van der Waals surface area contributed by atoms with Crippen LogP contribution in [0.25, 0.3) is 0 Å². The Balaban J connectivity index is -0.000000134. The Hall–Kier alpha value is -1.39. The first-order valence-electron chi connectivity index (χ1n) is 4.64. The van der Waals surface area contributed by atoms with E-state index in [9.17, 15) is 0 Å². The molecule has 0 aliphatic rings. The highest BCUT2D eigenvalue weighted by molar-refractivity contribution is 4.75. The molecule has 5 nitrogen and oxygen atoms in total. The van der Waals surface area contributed by atoms with E-state index in [-0.39, 0.29) is 0 Å². The van der Waals surface area contributed by atoms with Gasteiger partial charge >= 0.3 is 0 Å². The monoisotopic (exact) mass is 203 g/mol. The van der Waals surface area contributed by atoms with Crippen molar-refractivity contribution >= 4 is 0 Å². The number of rotatable bonds is 0. The molecule has 0 unspecified atom stereocenters. The predicted molar refractivity (Wildman–Crippen MR) is 58.8 cm³/mol. The largest absolute Gasteiger partial charge is 0.276 e. The molecule has 0 atom stereocenters. The van der Waals surface area contributed by atoms with E-state index in [2.05, 4.69) is 5.10 Å². The van der Waals surface area contributed by atoms with Gasteiger partial charge in [-0.2, -0.15) is 5.10 Å². The molecule has 1 aromatic heterocycles. The summed E-state index contributed by atoms with van der Waals surface area (Å²) in [6, 6.07) is 1.89. The van der Waals surface area contributed by atoms with Gasteiger partial charge in [0, 0.05) is 24.4 Å². The van der Waals surface area contributed by atoms with E-state index in [0.717, 1.165) is 7.05 Å². The van der Waals surface area contributed by atoms with Crippen LogP contribution in [0, 0.1) is 10.1 Å². The number of aromatic nitrogens is 2. The second-order valence-corrected chi connectivity index (χ2v) is 1.62. The Kier molecular flexibility index (Phi) is 23.2. The van der Waals surface area contributed by atoms with Crippen LogP contribution in [-0.4, -0.2) is 21.8 Å². The fraction of sp³-hybridized carbons (Fsp3) is 0.667. The van der Waals surface area contributed by atoms with Crippen LogP contribution in [0.4, 0.5) is 0 Å². The van der Waals surface area contributed by atoms with Gasteiger partial charge in [0.05, 0.1) is 0 Å². The molecule has 0 aromatic carbocycles. The third-order valence-corrected chi connectivity index (χ3v) is 0.637. The molecule has 84 valence electrons. The molecule has 1 aromatic rings. The summed E-state index contributed by atoms with van der Waals surface area (Å²) < 4.78 is 1.75. The Morgan fingerprint density at radius 1 is 1.29 bits per heavy atom. The maximum absolute atomic E-state index is 8.81. The summed E-state index contributed by atoms with van der Waals surface area (Å²) >= 11 is 0. The molecule has 0 aliphatic heterocycles. The van der Waals surface area contributed by atoms with Crippen LogP contribution in [0.15, 0.2) is 18.5 Å². The van der Waals surface area contributed by atoms with Crippen LogP contribution in [0.5, 0.6) is 0 Å². The first-order chi connectivity index (χ1) is 6.63. The highest BCUT2D eigenvalue weighted by Gasteiger charge is 1.69. The predicted octanol–water partition coefficient (Wildman–Crippen LogP) is 2.37. The molecule has 14 heavy (non-hydrogen) atoms. The minimum atomic E-state index is -0.500. The van der Waals surface area contributed by atoms with E-state index in [0.29, 0.717) is 0 Å². The van der Waals surface area contributed by atoms with Crippen molar-refractivity contribution in [3.63, 3.8) is 0 Å². The summed E-state index contributed by atoms with van der Waals surface area (Å²) in [7, 11) is 2.78. The average molecular weight is 203 g/mol. The second kappa shape index (κ2) is 17.6. The zero-order valence-electron chi connectivity index (χ0n) is 9.89. The van der Waals surface area contributed by atoms with Gasteiger partial charge in [-0.25, -0.2) is 0 Å². The quantitative estimate of drug-likeness (QED) is 0.480. The highest BCUT2D eigenvalue weighted by atomic mass is 16.6. The van der Waals surface area contributed by atoms with Gasteiger partial charge in [-0.3, -0.25) is 14.8 Å². The lowest BCUT2D eigenvalue weighted by Crippen LogP contribution is -1.83. The van der Waals surface area contributed by atoms with Gasteiger partial charge < -0.3 is 0 Å². The summed E-state index contributed by atoms with van der Waals surface area (Å²) in [5, 5.41) is 12.6. The van der Waals surface area contributed by atoms with Crippen molar-refractivity contribution in [1.82, 2.24) is 9.78 Å². The standard InChI is InChI=1S/C4H6N2.2C2H6.CH3NO2/c1-6-4-2-3-5-6;2*1-2;1-2(3)4/h2-4H,1H3;2*1-2H3;1H3. The van der Waals surface area contributed by atoms with Crippen molar-refractivity contribution in [2.75, 3.05) is 7.05 Å². The van der Waals surface area contributed by atoms with Crippen LogP contribution < -0.4 is 0 Å². The SMILES string of the molecule is CC.CC.C[N+](=O)[O-].Cn1cccn1. The van der Waals surface area contributed by atoms with Crippen LogP contribution in [0.2, 0.25) is 0 Å². The fourth-order valence-corrected chi connectivity index (χ4v) is 0.345. The van der Waals surface area contributed by atoms with Crippen molar-refractivity contribution in [3.8, 4) is 0 Å². The summed E-state index contributed by atoms with van der Waals surface area (Å²) in [6.07, 6.45) is 3.64. The lowest BCUT2D eigenvalue weighted by molar-refractivity contribution is -0.445. The number of hydrogen-bond donors (Lipinski definition) is 0. The van der Waals surface area contributed by atoms with Crippen molar-refractivity contribution in [3.05, 3.63) is 28.6 Å². The van der Waals surface area contributed by atoms with Crippen LogP contribution in [0.3, 0.4) is 0 Å².